The van der Waals surface area contributed by atoms with Gasteiger partial charge in [-0.1, -0.05) is 121 Å². The molecule has 382 valence electrons. The molecule has 1 nitrogen and oxygen atoms in total. The van der Waals surface area contributed by atoms with Crippen molar-refractivity contribution in [1.82, 2.24) is 4.57 Å². The summed E-state index contributed by atoms with van der Waals surface area (Å²) in [4.78, 5) is 0. The first-order chi connectivity index (χ1) is 35.4. The molecule has 75 heavy (non-hydrogen) atoms. The molecule has 2 atom stereocenters. The van der Waals surface area contributed by atoms with Crippen molar-refractivity contribution in [2.75, 3.05) is 0 Å². The number of allylic oxidation sites excluding steroid dienone is 8. The van der Waals surface area contributed by atoms with E-state index >= 15 is 0 Å². The third-order valence-electron chi connectivity index (χ3n) is 13.7. The number of halogens is 15. The Morgan fingerprint density at radius 1 is 0.427 bits per heavy atom. The van der Waals surface area contributed by atoms with Crippen molar-refractivity contribution in [1.29, 1.82) is 0 Å². The van der Waals surface area contributed by atoms with Crippen molar-refractivity contribution in [2.24, 2.45) is 0 Å². The number of hydrogen-bond acceptors (Lipinski definition) is 0. The second kappa shape index (κ2) is 18.6. The van der Waals surface area contributed by atoms with Crippen molar-refractivity contribution in [2.45, 2.75) is 55.6 Å². The van der Waals surface area contributed by atoms with Crippen molar-refractivity contribution in [3.8, 4) is 27.9 Å². The molecule has 0 radical (unpaired) electrons. The first-order valence-electron chi connectivity index (χ1n) is 23.1. The number of hydrogen-bond donors (Lipinski definition) is 0. The number of alkyl halides is 15. The molecule has 10 rings (SSSR count). The van der Waals surface area contributed by atoms with Crippen LogP contribution >= 0.6 is 0 Å². The number of para-hydroxylation sites is 1. The lowest BCUT2D eigenvalue weighted by atomic mass is 9.79. The first kappa shape index (κ1) is 50.8. The van der Waals surface area contributed by atoms with Crippen molar-refractivity contribution >= 4 is 33.0 Å². The molecule has 0 bridgehead atoms. The Bertz CT molecular complexity index is 3660. The van der Waals surface area contributed by atoms with Gasteiger partial charge in [0.05, 0.1) is 39.0 Å². The lowest BCUT2D eigenvalue weighted by Gasteiger charge is -2.26. The van der Waals surface area contributed by atoms with Crippen LogP contribution in [0.25, 0.3) is 60.9 Å². The predicted molar refractivity (Wildman–Crippen MR) is 258 cm³/mol. The third-order valence-corrected chi connectivity index (χ3v) is 13.7. The van der Waals surface area contributed by atoms with Gasteiger partial charge in [0.15, 0.2) is 0 Å². The van der Waals surface area contributed by atoms with Gasteiger partial charge in [0.1, 0.15) is 0 Å². The summed E-state index contributed by atoms with van der Waals surface area (Å²) in [5.74, 6) is -2.29. The third kappa shape index (κ3) is 9.78. The summed E-state index contributed by atoms with van der Waals surface area (Å²) in [7, 11) is 0. The van der Waals surface area contributed by atoms with E-state index in [1.54, 1.807) is 12.1 Å². The Morgan fingerprint density at radius 2 is 0.947 bits per heavy atom. The molecule has 8 aromatic rings. The molecule has 2 aliphatic carbocycles. The van der Waals surface area contributed by atoms with Crippen LogP contribution in [0.4, 0.5) is 65.9 Å². The van der Waals surface area contributed by atoms with E-state index < -0.39 is 70.5 Å². The number of aromatic nitrogens is 1. The van der Waals surface area contributed by atoms with Crippen molar-refractivity contribution in [3.63, 3.8) is 0 Å². The molecule has 0 saturated carbocycles. The molecule has 0 N–H and O–H groups in total. The van der Waals surface area contributed by atoms with Gasteiger partial charge in [-0.2, -0.15) is 65.9 Å². The summed E-state index contributed by atoms with van der Waals surface area (Å²) in [5.41, 5.74) is -5.28. The zero-order chi connectivity index (χ0) is 53.4. The van der Waals surface area contributed by atoms with Gasteiger partial charge in [-0.3, -0.25) is 0 Å². The van der Waals surface area contributed by atoms with E-state index in [0.717, 1.165) is 30.3 Å². The minimum Gasteiger partial charge on any atom is -0.309 e. The molecule has 2 unspecified atom stereocenters. The van der Waals surface area contributed by atoms with E-state index in [1.165, 1.54) is 144 Å². The molecule has 7 aromatic carbocycles. The van der Waals surface area contributed by atoms with Gasteiger partial charge < -0.3 is 4.57 Å². The Labute approximate surface area is 417 Å². The second-order valence-electron chi connectivity index (χ2n) is 18.3. The molecule has 0 fully saturated rings. The maximum atomic E-state index is 14.8. The van der Waals surface area contributed by atoms with Crippen LogP contribution < -0.4 is 0 Å². The maximum Gasteiger partial charge on any atom is 0.418 e. The highest BCUT2D eigenvalue weighted by Crippen LogP contribution is 2.49. The smallest absolute Gasteiger partial charge is 0.309 e. The fourth-order valence-corrected chi connectivity index (χ4v) is 10.4. The average molecular weight is 1040 g/mol. The van der Waals surface area contributed by atoms with Crippen LogP contribution in [-0.4, -0.2) is 10.7 Å². The lowest BCUT2D eigenvalue weighted by molar-refractivity contribution is -0.138. The number of rotatable bonds is 7. The molecule has 2 aliphatic rings. The molecule has 0 saturated heterocycles. The van der Waals surface area contributed by atoms with E-state index in [2.05, 4.69) is 0 Å². The van der Waals surface area contributed by atoms with Gasteiger partial charge in [0, 0.05) is 28.2 Å². The second-order valence-corrected chi connectivity index (χ2v) is 18.3. The van der Waals surface area contributed by atoms with E-state index in [0.29, 0.717) is 5.56 Å². The van der Waals surface area contributed by atoms with Gasteiger partial charge in [-0.25, -0.2) is 0 Å². The van der Waals surface area contributed by atoms with Gasteiger partial charge >= 0.3 is 30.9 Å². The molecule has 0 aliphatic heterocycles. The molecule has 0 amide bonds. The zero-order valence-corrected chi connectivity index (χ0v) is 38.5. The minimum atomic E-state index is -4.88. The molecular weight excluding hydrogens is 1010 g/mol. The summed E-state index contributed by atoms with van der Waals surface area (Å²) >= 11 is 0. The molecule has 16 heteroatoms. The van der Waals surface area contributed by atoms with Gasteiger partial charge in [-0.05, 0) is 129 Å². The minimum absolute atomic E-state index is 0.0271. The largest absolute Gasteiger partial charge is 0.418 e. The zero-order valence-electron chi connectivity index (χ0n) is 38.5. The SMILES string of the molecule is FC(F)(F)C1=CC=CCC1c1cc(-c2ccc3c(c2)c2cc(C4C=C(c5ccccc5C(F)(F)F)C=C(c5ccccc5C(F)(F)F)C4)ccc2n3-c2ccccc2C(F)(F)F)cc(-c2ccccc2C(F)(F)F)c1. The van der Waals surface area contributed by atoms with E-state index in [9.17, 15) is 65.9 Å². The fraction of sp³-hybridized carbons (Fsp3) is 0.153. The quantitative estimate of drug-likeness (QED) is 0.140. The predicted octanol–water partition coefficient (Wildman–Crippen LogP) is 19.4. The van der Waals surface area contributed by atoms with Crippen LogP contribution in [0.2, 0.25) is 0 Å². The van der Waals surface area contributed by atoms with Crippen LogP contribution in [0.3, 0.4) is 0 Å². The fourth-order valence-electron chi connectivity index (χ4n) is 10.4. The highest BCUT2D eigenvalue weighted by Gasteiger charge is 2.41. The molecule has 0 spiro atoms. The van der Waals surface area contributed by atoms with Crippen LogP contribution in [-0.2, 0) is 24.7 Å². The maximum absolute atomic E-state index is 14.8. The molecule has 1 aromatic heterocycles. The normalized spacial score (nSPS) is 16.8. The van der Waals surface area contributed by atoms with Gasteiger partial charge in [0.2, 0.25) is 0 Å². The van der Waals surface area contributed by atoms with Crippen LogP contribution in [0.5, 0.6) is 0 Å². The van der Waals surface area contributed by atoms with Gasteiger partial charge in [0.25, 0.3) is 0 Å². The Balaban J connectivity index is 1.22. The summed E-state index contributed by atoms with van der Waals surface area (Å²) in [6.07, 6.45) is -18.2. The van der Waals surface area contributed by atoms with Crippen LogP contribution in [0.15, 0.2) is 188 Å². The first-order valence-corrected chi connectivity index (χ1v) is 23.1. The lowest BCUT2D eigenvalue weighted by Crippen LogP contribution is -2.20. The van der Waals surface area contributed by atoms with Crippen LogP contribution in [0, 0.1) is 0 Å². The monoisotopic (exact) mass is 1040 g/mol. The number of nitrogens with zero attached hydrogens (tertiary/aromatic N) is 1. The highest BCUT2D eigenvalue weighted by atomic mass is 19.4. The Kier molecular flexibility index (Phi) is 12.6. The standard InChI is InChI=1S/C59H36F15N/c60-55(61,62)47-15-5-1-11-41(47)37-25-35(26-38(29-37)42-12-2-6-16-48(42)56(63,64)65)33-21-23-52-45(31-33)46-32-34(22-24-53(46)75(52)54-20-10-9-19-51(54)59(72,73)74)36-27-39(43-13-3-7-17-49(43)57(66,67)68)30-40(28-36)44-14-4-8-18-50(44)58(69,70)71/h1-13,15-25,27-32,35,44H,14,26H2. The van der Waals surface area contributed by atoms with E-state index in [-0.39, 0.29) is 90.4 Å². The van der Waals surface area contributed by atoms with Crippen molar-refractivity contribution in [3.05, 3.63) is 232 Å². The average Bonchev–Trinajstić information content (AvgIpc) is 3.70. The van der Waals surface area contributed by atoms with E-state index in [4.69, 9.17) is 0 Å². The topological polar surface area (TPSA) is 4.93 Å². The Morgan fingerprint density at radius 3 is 1.57 bits per heavy atom. The van der Waals surface area contributed by atoms with Crippen molar-refractivity contribution < 1.29 is 65.9 Å². The Hall–Kier alpha value is -7.75. The number of benzene rings is 7. The summed E-state index contributed by atoms with van der Waals surface area (Å²) < 4.78 is 221. The number of fused-ring (bicyclic) bond motifs is 3. The highest BCUT2D eigenvalue weighted by molar-refractivity contribution is 6.11. The molecular formula is C59H36F15N. The summed E-state index contributed by atoms with van der Waals surface area (Å²) in [6.45, 7) is 0. The van der Waals surface area contributed by atoms with Crippen LogP contribution in [0.1, 0.15) is 69.2 Å². The van der Waals surface area contributed by atoms with E-state index in [1.807, 2.05) is 0 Å². The molecule has 1 heterocycles. The summed E-state index contributed by atoms with van der Waals surface area (Å²) in [5, 5.41) is 0.512. The van der Waals surface area contributed by atoms with Gasteiger partial charge in [-0.15, -0.1) is 0 Å². The summed E-state index contributed by atoms with van der Waals surface area (Å²) in [6, 6.07) is 31.7.